The van der Waals surface area contributed by atoms with Gasteiger partial charge in [-0.05, 0) is 23.6 Å². The second-order valence-corrected chi connectivity index (χ2v) is 8.64. The van der Waals surface area contributed by atoms with E-state index in [-0.39, 0.29) is 12.4 Å². The van der Waals surface area contributed by atoms with E-state index in [4.69, 9.17) is 0 Å². The molecule has 152 valence electrons. The SMILES string of the molecule is CCCCCCCCCCCC[N+](C)(C)Cc1cccc2ccccc12.[Cl-]. The average molecular weight is 390 g/mol. The summed E-state index contributed by atoms with van der Waals surface area (Å²) >= 11 is 0. The van der Waals surface area contributed by atoms with Crippen LogP contribution in [0.25, 0.3) is 10.8 Å². The van der Waals surface area contributed by atoms with Crippen LogP contribution in [-0.2, 0) is 6.54 Å². The molecule has 0 amide bonds. The van der Waals surface area contributed by atoms with Crippen molar-refractivity contribution < 1.29 is 16.9 Å². The fourth-order valence-corrected chi connectivity index (χ4v) is 4.00. The molecule has 0 fully saturated rings. The molecule has 0 saturated heterocycles. The second-order valence-electron chi connectivity index (χ2n) is 8.64. The monoisotopic (exact) mass is 389 g/mol. The van der Waals surface area contributed by atoms with Gasteiger partial charge in [0.25, 0.3) is 0 Å². The average Bonchev–Trinajstić information content (AvgIpc) is 2.63. The van der Waals surface area contributed by atoms with Gasteiger partial charge in [-0.25, -0.2) is 0 Å². The van der Waals surface area contributed by atoms with Crippen molar-refractivity contribution in [3.63, 3.8) is 0 Å². The Hall–Kier alpha value is -1.05. The highest BCUT2D eigenvalue weighted by Gasteiger charge is 2.16. The second kappa shape index (κ2) is 13.2. The maximum Gasteiger partial charge on any atom is 0.105 e. The molecule has 0 saturated carbocycles. The minimum Gasteiger partial charge on any atom is -1.00 e. The van der Waals surface area contributed by atoms with E-state index in [0.717, 1.165) is 11.0 Å². The lowest BCUT2D eigenvalue weighted by molar-refractivity contribution is -0.903. The molecule has 2 rings (SSSR count). The number of quaternary nitrogens is 1. The van der Waals surface area contributed by atoms with Crippen LogP contribution in [0.4, 0.5) is 0 Å². The minimum absolute atomic E-state index is 0. The molecular formula is C25H40ClN. The van der Waals surface area contributed by atoms with Crippen LogP contribution < -0.4 is 12.4 Å². The van der Waals surface area contributed by atoms with Crippen molar-refractivity contribution in [3.8, 4) is 0 Å². The molecule has 0 heterocycles. The Morgan fingerprint density at radius 2 is 1.22 bits per heavy atom. The lowest BCUT2D eigenvalue weighted by Gasteiger charge is -2.30. The zero-order valence-electron chi connectivity index (χ0n) is 17.9. The largest absolute Gasteiger partial charge is 1.00 e. The number of benzene rings is 2. The molecule has 2 aromatic carbocycles. The number of halogens is 1. The third kappa shape index (κ3) is 9.12. The molecule has 2 heteroatoms. The number of rotatable bonds is 13. The summed E-state index contributed by atoms with van der Waals surface area (Å²) in [6, 6.07) is 15.5. The summed E-state index contributed by atoms with van der Waals surface area (Å²) in [6.07, 6.45) is 14.2. The summed E-state index contributed by atoms with van der Waals surface area (Å²) < 4.78 is 1.09. The van der Waals surface area contributed by atoms with Gasteiger partial charge >= 0.3 is 0 Å². The highest BCUT2D eigenvalue weighted by atomic mass is 35.5. The minimum atomic E-state index is 0. The van der Waals surface area contributed by atoms with Gasteiger partial charge in [0.2, 0.25) is 0 Å². The maximum atomic E-state index is 2.38. The van der Waals surface area contributed by atoms with Crippen molar-refractivity contribution in [2.45, 2.75) is 77.7 Å². The summed E-state index contributed by atoms with van der Waals surface area (Å²) in [5.41, 5.74) is 1.49. The van der Waals surface area contributed by atoms with Gasteiger partial charge < -0.3 is 16.9 Å². The van der Waals surface area contributed by atoms with Gasteiger partial charge in [-0.1, -0.05) is 101 Å². The molecule has 1 nitrogen and oxygen atoms in total. The Morgan fingerprint density at radius 1 is 0.667 bits per heavy atom. The van der Waals surface area contributed by atoms with Gasteiger partial charge in [0.1, 0.15) is 6.54 Å². The van der Waals surface area contributed by atoms with Crippen molar-refractivity contribution in [2.24, 2.45) is 0 Å². The maximum absolute atomic E-state index is 2.38. The fraction of sp³-hybridized carbons (Fsp3) is 0.600. The van der Waals surface area contributed by atoms with Crippen LogP contribution in [0.2, 0.25) is 0 Å². The van der Waals surface area contributed by atoms with Crippen LogP contribution in [0.1, 0.15) is 76.7 Å². The van der Waals surface area contributed by atoms with Gasteiger partial charge in [0, 0.05) is 5.56 Å². The Bertz CT molecular complexity index is 630. The molecule has 0 aliphatic carbocycles. The molecule has 0 aliphatic heterocycles. The normalized spacial score (nSPS) is 11.5. The lowest BCUT2D eigenvalue weighted by atomic mass is 10.0. The number of hydrogen-bond acceptors (Lipinski definition) is 0. The molecule has 0 spiro atoms. The topological polar surface area (TPSA) is 0 Å². The van der Waals surface area contributed by atoms with E-state index >= 15 is 0 Å². The van der Waals surface area contributed by atoms with E-state index in [1.165, 1.54) is 87.1 Å². The molecule has 0 N–H and O–H groups in total. The van der Waals surface area contributed by atoms with Crippen molar-refractivity contribution in [3.05, 3.63) is 48.0 Å². The number of nitrogens with zero attached hydrogens (tertiary/aromatic N) is 1. The predicted octanol–water partition coefficient (Wildman–Crippen LogP) is 4.34. The van der Waals surface area contributed by atoms with E-state index < -0.39 is 0 Å². The van der Waals surface area contributed by atoms with Crippen molar-refractivity contribution >= 4 is 10.8 Å². The first-order valence-electron chi connectivity index (χ1n) is 10.9. The van der Waals surface area contributed by atoms with Crippen LogP contribution in [0, 0.1) is 0 Å². The van der Waals surface area contributed by atoms with Crippen LogP contribution in [0.5, 0.6) is 0 Å². The summed E-state index contributed by atoms with van der Waals surface area (Å²) in [7, 11) is 4.77. The van der Waals surface area contributed by atoms with E-state index in [1.54, 1.807) is 0 Å². The third-order valence-corrected chi connectivity index (χ3v) is 5.60. The quantitative estimate of drug-likeness (QED) is 0.353. The summed E-state index contributed by atoms with van der Waals surface area (Å²) in [4.78, 5) is 0. The number of unbranched alkanes of at least 4 members (excludes halogenated alkanes) is 9. The first-order chi connectivity index (χ1) is 12.6. The van der Waals surface area contributed by atoms with Crippen LogP contribution in [0.3, 0.4) is 0 Å². The smallest absolute Gasteiger partial charge is 0.105 e. The summed E-state index contributed by atoms with van der Waals surface area (Å²) in [5.74, 6) is 0. The van der Waals surface area contributed by atoms with E-state index in [2.05, 4.69) is 63.5 Å². The molecule has 0 unspecified atom stereocenters. The Labute approximate surface area is 174 Å². The molecular weight excluding hydrogens is 350 g/mol. The predicted molar refractivity (Wildman–Crippen MR) is 116 cm³/mol. The molecule has 27 heavy (non-hydrogen) atoms. The van der Waals surface area contributed by atoms with E-state index in [0.29, 0.717) is 0 Å². The summed E-state index contributed by atoms with van der Waals surface area (Å²) in [6.45, 7) is 4.69. The lowest BCUT2D eigenvalue weighted by Crippen LogP contribution is -3.00. The first-order valence-corrected chi connectivity index (χ1v) is 10.9. The zero-order chi connectivity index (χ0) is 18.7. The highest BCUT2D eigenvalue weighted by molar-refractivity contribution is 5.85. The standard InChI is InChI=1S/C25H40N.ClH/c1-4-5-6-7-8-9-10-11-12-15-21-26(2,3)22-24-19-16-18-23-17-13-14-20-25(23)24;/h13-14,16-20H,4-12,15,21-22H2,1-3H3;1H/q+1;/p-1. The van der Waals surface area contributed by atoms with Crippen LogP contribution in [0.15, 0.2) is 42.5 Å². The number of fused-ring (bicyclic) bond motifs is 1. The molecule has 0 bridgehead atoms. The van der Waals surface area contributed by atoms with Crippen molar-refractivity contribution in [2.75, 3.05) is 20.6 Å². The van der Waals surface area contributed by atoms with Crippen LogP contribution in [-0.4, -0.2) is 25.1 Å². The Balaban J connectivity index is 0.00000364. The molecule has 2 aromatic rings. The summed E-state index contributed by atoms with van der Waals surface area (Å²) in [5, 5.41) is 2.79. The van der Waals surface area contributed by atoms with Gasteiger partial charge in [-0.15, -0.1) is 0 Å². The zero-order valence-corrected chi connectivity index (χ0v) is 18.6. The number of hydrogen-bond donors (Lipinski definition) is 0. The van der Waals surface area contributed by atoms with E-state index in [9.17, 15) is 0 Å². The highest BCUT2D eigenvalue weighted by Crippen LogP contribution is 2.22. The molecule has 0 radical (unpaired) electrons. The molecule has 0 atom stereocenters. The third-order valence-electron chi connectivity index (χ3n) is 5.60. The van der Waals surface area contributed by atoms with Gasteiger partial charge in [0.05, 0.1) is 20.6 Å². The van der Waals surface area contributed by atoms with Gasteiger partial charge in [-0.2, -0.15) is 0 Å². The Morgan fingerprint density at radius 3 is 1.89 bits per heavy atom. The van der Waals surface area contributed by atoms with Gasteiger partial charge in [-0.3, -0.25) is 0 Å². The van der Waals surface area contributed by atoms with Crippen LogP contribution >= 0.6 is 0 Å². The van der Waals surface area contributed by atoms with Crippen molar-refractivity contribution in [1.82, 2.24) is 0 Å². The first kappa shape index (κ1) is 24.0. The molecule has 0 aromatic heterocycles. The van der Waals surface area contributed by atoms with E-state index in [1.807, 2.05) is 0 Å². The fourth-order valence-electron chi connectivity index (χ4n) is 4.00. The van der Waals surface area contributed by atoms with Crippen molar-refractivity contribution in [1.29, 1.82) is 0 Å². The Kier molecular flexibility index (Phi) is 11.7. The molecule has 0 aliphatic rings. The van der Waals surface area contributed by atoms with Gasteiger partial charge in [0.15, 0.2) is 0 Å².